The maximum Gasteiger partial charge on any atom is 0.241 e. The highest BCUT2D eigenvalue weighted by Crippen LogP contribution is 2.25. The highest BCUT2D eigenvalue weighted by Gasteiger charge is 2.26. The molecule has 1 amide bonds. The van der Waals surface area contributed by atoms with Crippen LogP contribution in [-0.2, 0) is 4.79 Å². The van der Waals surface area contributed by atoms with Crippen molar-refractivity contribution in [3.05, 3.63) is 58.9 Å². The Labute approximate surface area is 158 Å². The first-order valence-electron chi connectivity index (χ1n) is 8.75. The van der Waals surface area contributed by atoms with Crippen LogP contribution >= 0.6 is 11.6 Å². The van der Waals surface area contributed by atoms with E-state index in [9.17, 15) is 9.18 Å². The van der Waals surface area contributed by atoms with Gasteiger partial charge in [0, 0.05) is 42.6 Å². The summed E-state index contributed by atoms with van der Waals surface area (Å²) in [5.41, 5.74) is 2.96. The smallest absolute Gasteiger partial charge is 0.241 e. The van der Waals surface area contributed by atoms with Crippen LogP contribution in [0.4, 0.5) is 15.8 Å². The van der Waals surface area contributed by atoms with Crippen LogP contribution in [0.25, 0.3) is 0 Å². The Hall–Kier alpha value is -2.11. The van der Waals surface area contributed by atoms with E-state index in [1.54, 1.807) is 12.1 Å². The summed E-state index contributed by atoms with van der Waals surface area (Å²) in [6.07, 6.45) is 0. The molecule has 0 saturated carbocycles. The minimum absolute atomic E-state index is 0.0796. The van der Waals surface area contributed by atoms with Gasteiger partial charge in [-0.1, -0.05) is 17.7 Å². The van der Waals surface area contributed by atoms with E-state index in [0.29, 0.717) is 5.69 Å². The number of carbonyl (C=O) groups is 1. The zero-order valence-electron chi connectivity index (χ0n) is 15.0. The van der Waals surface area contributed by atoms with E-state index >= 15 is 0 Å². The number of carbonyl (C=O) groups excluding carboxylic acids is 1. The van der Waals surface area contributed by atoms with Crippen molar-refractivity contribution >= 4 is 28.9 Å². The van der Waals surface area contributed by atoms with E-state index in [1.807, 2.05) is 25.1 Å². The summed E-state index contributed by atoms with van der Waals surface area (Å²) in [6, 6.07) is 11.5. The Morgan fingerprint density at radius 3 is 2.42 bits per heavy atom. The first-order valence-corrected chi connectivity index (χ1v) is 9.13. The van der Waals surface area contributed by atoms with E-state index in [4.69, 9.17) is 11.6 Å². The molecule has 0 unspecified atom stereocenters. The minimum atomic E-state index is -0.316. The number of nitrogens with zero attached hydrogens (tertiary/aromatic N) is 2. The predicted octanol–water partition coefficient (Wildman–Crippen LogP) is 3.94. The van der Waals surface area contributed by atoms with Gasteiger partial charge in [0.05, 0.1) is 6.04 Å². The average Bonchev–Trinajstić information content (AvgIpc) is 2.65. The zero-order valence-corrected chi connectivity index (χ0v) is 15.8. The van der Waals surface area contributed by atoms with Gasteiger partial charge in [-0.05, 0) is 55.8 Å². The van der Waals surface area contributed by atoms with Crippen LogP contribution in [0.3, 0.4) is 0 Å². The second kappa shape index (κ2) is 8.06. The summed E-state index contributed by atoms with van der Waals surface area (Å²) in [6.45, 7) is 7.26. The molecule has 1 heterocycles. The third kappa shape index (κ3) is 4.34. The molecule has 3 rings (SSSR count). The van der Waals surface area contributed by atoms with Gasteiger partial charge in [0.2, 0.25) is 5.91 Å². The first kappa shape index (κ1) is 18.7. The van der Waals surface area contributed by atoms with Crippen molar-refractivity contribution < 1.29 is 9.18 Å². The molecule has 4 nitrogen and oxygen atoms in total. The van der Waals surface area contributed by atoms with Crippen molar-refractivity contribution in [2.75, 3.05) is 36.4 Å². The largest absolute Gasteiger partial charge is 0.369 e. The van der Waals surface area contributed by atoms with Crippen LogP contribution in [0.5, 0.6) is 0 Å². The number of halogens is 2. The fraction of sp³-hybridized carbons (Fsp3) is 0.350. The molecule has 1 atom stereocenters. The van der Waals surface area contributed by atoms with Crippen molar-refractivity contribution in [1.82, 2.24) is 4.90 Å². The summed E-state index contributed by atoms with van der Waals surface area (Å²) < 4.78 is 13.0. The fourth-order valence-corrected chi connectivity index (χ4v) is 3.39. The van der Waals surface area contributed by atoms with Crippen molar-refractivity contribution in [3.8, 4) is 0 Å². The van der Waals surface area contributed by atoms with Gasteiger partial charge in [0.15, 0.2) is 0 Å². The molecule has 138 valence electrons. The van der Waals surface area contributed by atoms with Gasteiger partial charge in [-0.3, -0.25) is 9.69 Å². The van der Waals surface area contributed by atoms with Crippen molar-refractivity contribution in [2.45, 2.75) is 19.9 Å². The number of aryl methyl sites for hydroxylation is 1. The quantitative estimate of drug-likeness (QED) is 0.879. The molecule has 2 aromatic carbocycles. The lowest BCUT2D eigenvalue weighted by atomic mass is 10.1. The standard InChI is InChI=1S/C20H23ClFN3O/c1-14-3-4-16(21)13-19(14)25-11-9-24(10-12-25)15(2)20(26)23-18-7-5-17(22)6-8-18/h3-8,13,15H,9-12H2,1-2H3,(H,23,26)/t15-/m1/s1. The number of rotatable bonds is 4. The molecule has 0 spiro atoms. The lowest BCUT2D eigenvalue weighted by Gasteiger charge is -2.39. The molecule has 0 radical (unpaired) electrons. The summed E-state index contributed by atoms with van der Waals surface area (Å²) in [7, 11) is 0. The topological polar surface area (TPSA) is 35.6 Å². The number of nitrogens with one attached hydrogen (secondary N) is 1. The van der Waals surface area contributed by atoms with Crippen LogP contribution in [-0.4, -0.2) is 43.0 Å². The molecule has 0 aromatic heterocycles. The SMILES string of the molecule is Cc1ccc(Cl)cc1N1CCN([C@H](C)C(=O)Nc2ccc(F)cc2)CC1. The molecule has 1 aliphatic rings. The lowest BCUT2D eigenvalue weighted by molar-refractivity contribution is -0.120. The van der Waals surface area contributed by atoms with Crippen LogP contribution in [0.2, 0.25) is 5.02 Å². The summed E-state index contributed by atoms with van der Waals surface area (Å²) in [5.74, 6) is -0.396. The third-order valence-electron chi connectivity index (χ3n) is 4.87. The van der Waals surface area contributed by atoms with Crippen molar-refractivity contribution in [1.29, 1.82) is 0 Å². The lowest BCUT2D eigenvalue weighted by Crippen LogP contribution is -2.53. The molecule has 6 heteroatoms. The van der Waals surface area contributed by atoms with Crippen LogP contribution in [0, 0.1) is 12.7 Å². The summed E-state index contributed by atoms with van der Waals surface area (Å²) in [4.78, 5) is 16.9. The molecule has 1 N–H and O–H groups in total. The van der Waals surface area contributed by atoms with Crippen LogP contribution in [0.1, 0.15) is 12.5 Å². The van der Waals surface area contributed by atoms with E-state index in [2.05, 4.69) is 22.0 Å². The van der Waals surface area contributed by atoms with E-state index in [0.717, 1.165) is 36.9 Å². The van der Waals surface area contributed by atoms with Crippen molar-refractivity contribution in [3.63, 3.8) is 0 Å². The van der Waals surface area contributed by atoms with Gasteiger partial charge in [-0.2, -0.15) is 0 Å². The highest BCUT2D eigenvalue weighted by molar-refractivity contribution is 6.30. The molecular formula is C20H23ClFN3O. The Bertz CT molecular complexity index is 773. The number of hydrogen-bond acceptors (Lipinski definition) is 3. The number of anilines is 2. The Kier molecular flexibility index (Phi) is 5.79. The van der Waals surface area contributed by atoms with Gasteiger partial charge in [-0.15, -0.1) is 0 Å². The Morgan fingerprint density at radius 2 is 1.77 bits per heavy atom. The van der Waals surface area contributed by atoms with Crippen LogP contribution in [0.15, 0.2) is 42.5 Å². The predicted molar refractivity (Wildman–Crippen MR) is 104 cm³/mol. The number of amides is 1. The number of benzene rings is 2. The second-order valence-corrected chi connectivity index (χ2v) is 7.06. The maximum absolute atomic E-state index is 13.0. The van der Waals surface area contributed by atoms with Gasteiger partial charge >= 0.3 is 0 Å². The number of piperazine rings is 1. The maximum atomic E-state index is 13.0. The second-order valence-electron chi connectivity index (χ2n) is 6.63. The van der Waals surface area contributed by atoms with Gasteiger partial charge in [0.1, 0.15) is 5.82 Å². The third-order valence-corrected chi connectivity index (χ3v) is 5.10. The normalized spacial score (nSPS) is 16.4. The Morgan fingerprint density at radius 1 is 1.12 bits per heavy atom. The number of hydrogen-bond donors (Lipinski definition) is 1. The molecule has 1 saturated heterocycles. The summed E-state index contributed by atoms with van der Waals surface area (Å²) >= 11 is 6.13. The molecule has 1 aliphatic heterocycles. The van der Waals surface area contributed by atoms with Crippen molar-refractivity contribution in [2.24, 2.45) is 0 Å². The highest BCUT2D eigenvalue weighted by atomic mass is 35.5. The first-order chi connectivity index (χ1) is 12.4. The van der Waals surface area contributed by atoms with E-state index in [-0.39, 0.29) is 17.8 Å². The fourth-order valence-electron chi connectivity index (χ4n) is 3.22. The van der Waals surface area contributed by atoms with E-state index in [1.165, 1.54) is 17.7 Å². The van der Waals surface area contributed by atoms with E-state index < -0.39 is 0 Å². The molecule has 0 aliphatic carbocycles. The Balaban J connectivity index is 1.57. The molecule has 1 fully saturated rings. The molecular weight excluding hydrogens is 353 g/mol. The minimum Gasteiger partial charge on any atom is -0.369 e. The van der Waals surface area contributed by atoms with Crippen LogP contribution < -0.4 is 10.2 Å². The molecule has 26 heavy (non-hydrogen) atoms. The molecule has 2 aromatic rings. The van der Waals surface area contributed by atoms with Gasteiger partial charge in [-0.25, -0.2) is 4.39 Å². The monoisotopic (exact) mass is 375 g/mol. The average molecular weight is 376 g/mol. The molecule has 0 bridgehead atoms. The summed E-state index contributed by atoms with van der Waals surface area (Å²) in [5, 5.41) is 3.58. The van der Waals surface area contributed by atoms with Gasteiger partial charge in [0.25, 0.3) is 0 Å². The zero-order chi connectivity index (χ0) is 18.7. The van der Waals surface area contributed by atoms with Gasteiger partial charge < -0.3 is 10.2 Å².